The fraction of sp³-hybridized carbons (Fsp3) is 0.615. The minimum Gasteiger partial charge on any atom is -0.382 e. The summed E-state index contributed by atoms with van der Waals surface area (Å²) < 4.78 is 0. The highest BCUT2D eigenvalue weighted by Gasteiger charge is 2.35. The molecule has 0 saturated carbocycles. The SMILES string of the molecule is CNC(=O)C1CCCN1C(=O)c1sc(NC(C)C)nc1N. The summed E-state index contributed by atoms with van der Waals surface area (Å²) in [5, 5.41) is 6.36. The summed E-state index contributed by atoms with van der Waals surface area (Å²) in [6.45, 7) is 4.55. The van der Waals surface area contributed by atoms with Gasteiger partial charge in [0.1, 0.15) is 16.7 Å². The fourth-order valence-electron chi connectivity index (χ4n) is 2.37. The number of likely N-dealkylation sites (tertiary alicyclic amines) is 1. The number of thiazole rings is 1. The Kier molecular flexibility index (Phi) is 4.66. The van der Waals surface area contributed by atoms with Gasteiger partial charge in [-0.2, -0.15) is 0 Å². The Morgan fingerprint density at radius 3 is 2.81 bits per heavy atom. The lowest BCUT2D eigenvalue weighted by atomic mass is 10.2. The zero-order chi connectivity index (χ0) is 15.6. The highest BCUT2D eigenvalue weighted by atomic mass is 32.1. The van der Waals surface area contributed by atoms with Gasteiger partial charge in [0, 0.05) is 19.6 Å². The molecule has 1 unspecified atom stereocenters. The molecular weight excluding hydrogens is 290 g/mol. The van der Waals surface area contributed by atoms with Crippen LogP contribution >= 0.6 is 11.3 Å². The molecule has 1 aromatic rings. The van der Waals surface area contributed by atoms with Crippen LogP contribution in [0.25, 0.3) is 0 Å². The maximum atomic E-state index is 12.6. The first-order chi connectivity index (χ1) is 9.93. The number of hydrogen-bond acceptors (Lipinski definition) is 6. The summed E-state index contributed by atoms with van der Waals surface area (Å²) in [6.07, 6.45) is 1.50. The fourth-order valence-corrected chi connectivity index (χ4v) is 3.36. The average molecular weight is 311 g/mol. The lowest BCUT2D eigenvalue weighted by Crippen LogP contribution is -2.44. The van der Waals surface area contributed by atoms with Crippen LogP contribution in [-0.2, 0) is 4.79 Å². The second-order valence-electron chi connectivity index (χ2n) is 5.30. The molecule has 0 spiro atoms. The van der Waals surface area contributed by atoms with E-state index < -0.39 is 6.04 Å². The van der Waals surface area contributed by atoms with Gasteiger partial charge in [0.05, 0.1) is 0 Å². The van der Waals surface area contributed by atoms with Gasteiger partial charge in [-0.25, -0.2) is 4.98 Å². The lowest BCUT2D eigenvalue weighted by Gasteiger charge is -2.22. The Balaban J connectivity index is 2.19. The van der Waals surface area contributed by atoms with Crippen LogP contribution < -0.4 is 16.4 Å². The molecule has 1 fully saturated rings. The standard InChI is InChI=1S/C13H21N5O2S/c1-7(2)16-13-17-10(14)9(21-13)12(20)18-6-4-5-8(18)11(19)15-3/h7-8H,4-6,14H2,1-3H3,(H,15,19)(H,16,17). The molecule has 1 aliphatic heterocycles. The van der Waals surface area contributed by atoms with Gasteiger partial charge in [0.2, 0.25) is 5.91 Å². The lowest BCUT2D eigenvalue weighted by molar-refractivity contribution is -0.124. The number of rotatable bonds is 4. The topological polar surface area (TPSA) is 100 Å². The molecule has 0 radical (unpaired) electrons. The van der Waals surface area contributed by atoms with Crippen LogP contribution in [0.3, 0.4) is 0 Å². The number of aromatic nitrogens is 1. The van der Waals surface area contributed by atoms with Crippen molar-refractivity contribution in [1.29, 1.82) is 0 Å². The van der Waals surface area contributed by atoms with E-state index in [9.17, 15) is 9.59 Å². The smallest absolute Gasteiger partial charge is 0.268 e. The number of carbonyl (C=O) groups excluding carboxylic acids is 2. The molecule has 21 heavy (non-hydrogen) atoms. The molecule has 1 atom stereocenters. The van der Waals surface area contributed by atoms with E-state index in [0.29, 0.717) is 23.0 Å². The van der Waals surface area contributed by atoms with Crippen molar-refractivity contribution >= 4 is 34.1 Å². The highest BCUT2D eigenvalue weighted by molar-refractivity contribution is 7.18. The van der Waals surface area contributed by atoms with Crippen LogP contribution in [0, 0.1) is 0 Å². The van der Waals surface area contributed by atoms with Gasteiger partial charge < -0.3 is 21.3 Å². The molecule has 8 heteroatoms. The molecule has 2 heterocycles. The summed E-state index contributed by atoms with van der Waals surface area (Å²) in [5.41, 5.74) is 5.85. The molecular formula is C13H21N5O2S. The van der Waals surface area contributed by atoms with Crippen molar-refractivity contribution in [2.75, 3.05) is 24.6 Å². The van der Waals surface area contributed by atoms with Crippen LogP contribution in [0.4, 0.5) is 10.9 Å². The number of likely N-dealkylation sites (N-methyl/N-ethyl adjacent to an activating group) is 1. The van der Waals surface area contributed by atoms with Gasteiger partial charge in [0.25, 0.3) is 5.91 Å². The number of amides is 2. The van der Waals surface area contributed by atoms with Gasteiger partial charge in [-0.3, -0.25) is 9.59 Å². The largest absolute Gasteiger partial charge is 0.382 e. The third-order valence-corrected chi connectivity index (χ3v) is 4.31. The predicted molar refractivity (Wildman–Crippen MR) is 83.4 cm³/mol. The van der Waals surface area contributed by atoms with Gasteiger partial charge in [-0.15, -0.1) is 0 Å². The molecule has 116 valence electrons. The maximum Gasteiger partial charge on any atom is 0.268 e. The van der Waals surface area contributed by atoms with Crippen molar-refractivity contribution < 1.29 is 9.59 Å². The van der Waals surface area contributed by atoms with Crippen molar-refractivity contribution in [1.82, 2.24) is 15.2 Å². The minimum absolute atomic E-state index is 0.135. The molecule has 4 N–H and O–H groups in total. The summed E-state index contributed by atoms with van der Waals surface area (Å²) >= 11 is 1.23. The quantitative estimate of drug-likeness (QED) is 0.767. The maximum absolute atomic E-state index is 12.6. The molecule has 1 aromatic heterocycles. The zero-order valence-corrected chi connectivity index (χ0v) is 13.3. The van der Waals surface area contributed by atoms with Crippen LogP contribution in [0.5, 0.6) is 0 Å². The molecule has 1 saturated heterocycles. The van der Waals surface area contributed by atoms with Crippen molar-refractivity contribution in [3.05, 3.63) is 4.88 Å². The second-order valence-corrected chi connectivity index (χ2v) is 6.30. The van der Waals surface area contributed by atoms with E-state index in [2.05, 4.69) is 15.6 Å². The van der Waals surface area contributed by atoms with E-state index >= 15 is 0 Å². The van der Waals surface area contributed by atoms with Crippen LogP contribution in [0.15, 0.2) is 0 Å². The molecule has 0 aromatic carbocycles. The number of nitrogen functional groups attached to an aromatic ring is 1. The van der Waals surface area contributed by atoms with E-state index in [0.717, 1.165) is 6.42 Å². The Morgan fingerprint density at radius 1 is 1.48 bits per heavy atom. The highest BCUT2D eigenvalue weighted by Crippen LogP contribution is 2.29. The molecule has 2 rings (SSSR count). The van der Waals surface area contributed by atoms with Gasteiger partial charge >= 0.3 is 0 Å². The first-order valence-corrected chi connectivity index (χ1v) is 7.81. The normalized spacial score (nSPS) is 18.1. The first kappa shape index (κ1) is 15.6. The Hall–Kier alpha value is -1.83. The number of nitrogens with two attached hydrogens (primary N) is 1. The third-order valence-electron chi connectivity index (χ3n) is 3.32. The monoisotopic (exact) mass is 311 g/mol. The van der Waals surface area contributed by atoms with E-state index in [1.54, 1.807) is 11.9 Å². The van der Waals surface area contributed by atoms with Crippen molar-refractivity contribution in [2.45, 2.75) is 38.8 Å². The average Bonchev–Trinajstić information content (AvgIpc) is 3.03. The Morgan fingerprint density at radius 2 is 2.19 bits per heavy atom. The predicted octanol–water partition coefficient (Wildman–Crippen LogP) is 0.896. The van der Waals surface area contributed by atoms with E-state index in [4.69, 9.17) is 5.73 Å². The molecule has 0 bridgehead atoms. The van der Waals surface area contributed by atoms with Crippen LogP contribution in [0.1, 0.15) is 36.4 Å². The van der Waals surface area contributed by atoms with E-state index in [-0.39, 0.29) is 23.7 Å². The number of hydrogen-bond donors (Lipinski definition) is 3. The minimum atomic E-state index is -0.412. The second kappa shape index (κ2) is 6.30. The Labute approximate surface area is 127 Å². The van der Waals surface area contributed by atoms with Crippen LogP contribution in [0.2, 0.25) is 0 Å². The molecule has 7 nitrogen and oxygen atoms in total. The first-order valence-electron chi connectivity index (χ1n) is 6.99. The number of anilines is 2. The summed E-state index contributed by atoms with van der Waals surface area (Å²) in [7, 11) is 1.58. The van der Waals surface area contributed by atoms with Crippen molar-refractivity contribution in [3.8, 4) is 0 Å². The summed E-state index contributed by atoms with van der Waals surface area (Å²) in [4.78, 5) is 30.6. The zero-order valence-electron chi connectivity index (χ0n) is 12.5. The molecule has 2 amide bonds. The summed E-state index contributed by atoms with van der Waals surface area (Å²) in [6, 6.07) is -0.200. The number of carbonyl (C=O) groups is 2. The van der Waals surface area contributed by atoms with Gasteiger partial charge in [-0.05, 0) is 26.7 Å². The molecule has 0 aliphatic carbocycles. The van der Waals surface area contributed by atoms with Gasteiger partial charge in [0.15, 0.2) is 5.13 Å². The van der Waals surface area contributed by atoms with Crippen LogP contribution in [-0.4, -0.2) is 47.4 Å². The van der Waals surface area contributed by atoms with E-state index in [1.165, 1.54) is 11.3 Å². The summed E-state index contributed by atoms with van der Waals surface area (Å²) in [5.74, 6) is -0.131. The number of nitrogens with one attached hydrogen (secondary N) is 2. The van der Waals surface area contributed by atoms with Gasteiger partial charge in [-0.1, -0.05) is 11.3 Å². The van der Waals surface area contributed by atoms with E-state index in [1.807, 2.05) is 13.8 Å². The van der Waals surface area contributed by atoms with Crippen molar-refractivity contribution in [3.63, 3.8) is 0 Å². The Bertz CT molecular complexity index is 543. The molecule has 1 aliphatic rings. The third kappa shape index (κ3) is 3.26. The number of nitrogens with zero attached hydrogens (tertiary/aromatic N) is 2. The van der Waals surface area contributed by atoms with Crippen molar-refractivity contribution in [2.24, 2.45) is 0 Å².